The number of aliphatic carboxylic acids is 1. The molecule has 1 atom stereocenters. The van der Waals surface area contributed by atoms with Crippen LogP contribution < -0.4 is 14.8 Å². The number of rotatable bonds is 10. The number of nitrogens with zero attached hydrogens (tertiary/aromatic N) is 1. The predicted molar refractivity (Wildman–Crippen MR) is 94.9 cm³/mol. The lowest BCUT2D eigenvalue weighted by atomic mass is 10.1. The first-order chi connectivity index (χ1) is 11.7. The van der Waals surface area contributed by atoms with E-state index in [4.69, 9.17) is 9.47 Å². The van der Waals surface area contributed by atoms with Gasteiger partial charge in [0.1, 0.15) is 6.04 Å². The van der Waals surface area contributed by atoms with Crippen LogP contribution in [0, 0.1) is 0 Å². The van der Waals surface area contributed by atoms with Crippen LogP contribution in [0.1, 0.15) is 33.3 Å². The van der Waals surface area contributed by atoms with E-state index in [1.165, 1.54) is 6.92 Å². The molecule has 0 aromatic heterocycles. The minimum Gasteiger partial charge on any atom is -0.493 e. The number of nitrogens with one attached hydrogen (secondary N) is 1. The summed E-state index contributed by atoms with van der Waals surface area (Å²) in [7, 11) is 1.57. The topological polar surface area (TPSA) is 88.1 Å². The van der Waals surface area contributed by atoms with E-state index in [2.05, 4.69) is 5.32 Å². The van der Waals surface area contributed by atoms with Crippen LogP contribution in [0.3, 0.4) is 0 Å². The molecular weight excluding hydrogens is 324 g/mol. The Morgan fingerprint density at radius 2 is 1.92 bits per heavy atom. The van der Waals surface area contributed by atoms with Gasteiger partial charge in [0.15, 0.2) is 11.5 Å². The van der Waals surface area contributed by atoms with E-state index >= 15 is 0 Å². The zero-order valence-electron chi connectivity index (χ0n) is 15.5. The quantitative estimate of drug-likeness (QED) is 0.669. The first-order valence-corrected chi connectivity index (χ1v) is 8.29. The molecule has 0 aliphatic rings. The normalized spacial score (nSPS) is 12.1. The van der Waals surface area contributed by atoms with Crippen molar-refractivity contribution in [2.24, 2.45) is 0 Å². The summed E-state index contributed by atoms with van der Waals surface area (Å²) in [4.78, 5) is 24.2. The van der Waals surface area contributed by atoms with Crippen molar-refractivity contribution in [2.75, 3.05) is 20.2 Å². The Balaban J connectivity index is 2.90. The number of ether oxygens (including phenoxy) is 2. The van der Waals surface area contributed by atoms with E-state index in [1.807, 2.05) is 32.0 Å². The molecule has 0 aliphatic heterocycles. The first-order valence-electron chi connectivity index (χ1n) is 8.29. The number of carboxylic acid groups (broad SMARTS) is 1. The molecule has 140 valence electrons. The molecule has 1 aromatic carbocycles. The van der Waals surface area contributed by atoms with Crippen molar-refractivity contribution in [1.82, 2.24) is 10.2 Å². The van der Waals surface area contributed by atoms with Crippen LogP contribution in [0.5, 0.6) is 11.5 Å². The second-order valence-electron chi connectivity index (χ2n) is 6.12. The maximum Gasteiger partial charge on any atom is 0.320 e. The number of hydrogen-bond acceptors (Lipinski definition) is 5. The maximum atomic E-state index is 11.4. The summed E-state index contributed by atoms with van der Waals surface area (Å²) in [6.07, 6.45) is 0.0286. The van der Waals surface area contributed by atoms with Crippen molar-refractivity contribution in [3.63, 3.8) is 0 Å². The Morgan fingerprint density at radius 3 is 2.44 bits per heavy atom. The van der Waals surface area contributed by atoms with Crippen LogP contribution in [-0.4, -0.2) is 54.2 Å². The molecular formula is C18H28N2O5. The Hall–Kier alpha value is -2.28. The molecule has 0 saturated heterocycles. The van der Waals surface area contributed by atoms with E-state index in [0.29, 0.717) is 31.1 Å². The third-order valence-corrected chi connectivity index (χ3v) is 3.65. The molecule has 1 rings (SSSR count). The number of amides is 1. The van der Waals surface area contributed by atoms with Gasteiger partial charge in [0.05, 0.1) is 13.2 Å². The largest absolute Gasteiger partial charge is 0.493 e. The summed E-state index contributed by atoms with van der Waals surface area (Å²) in [5.74, 6) is 0.211. The molecule has 25 heavy (non-hydrogen) atoms. The van der Waals surface area contributed by atoms with Crippen LogP contribution in [0.4, 0.5) is 0 Å². The molecule has 7 heteroatoms. The van der Waals surface area contributed by atoms with Crippen LogP contribution in [-0.2, 0) is 16.1 Å². The third-order valence-electron chi connectivity index (χ3n) is 3.65. The fourth-order valence-electron chi connectivity index (χ4n) is 2.34. The summed E-state index contributed by atoms with van der Waals surface area (Å²) in [6, 6.07) is 4.88. The van der Waals surface area contributed by atoms with Crippen molar-refractivity contribution in [3.05, 3.63) is 23.8 Å². The Kier molecular flexibility index (Phi) is 8.21. The number of hydrogen-bond donors (Lipinski definition) is 2. The van der Waals surface area contributed by atoms with Crippen LogP contribution in [0.2, 0.25) is 0 Å². The van der Waals surface area contributed by atoms with Gasteiger partial charge in [-0.15, -0.1) is 0 Å². The average molecular weight is 352 g/mol. The summed E-state index contributed by atoms with van der Waals surface area (Å²) in [5, 5.41) is 12.0. The fourth-order valence-corrected chi connectivity index (χ4v) is 2.34. The van der Waals surface area contributed by atoms with Crippen molar-refractivity contribution in [1.29, 1.82) is 0 Å². The monoisotopic (exact) mass is 352 g/mol. The number of carbonyl (C=O) groups excluding carboxylic acids is 1. The highest BCUT2D eigenvalue weighted by atomic mass is 16.5. The highest BCUT2D eigenvalue weighted by Gasteiger charge is 2.21. The Labute approximate surface area is 148 Å². The molecule has 0 saturated carbocycles. The van der Waals surface area contributed by atoms with Gasteiger partial charge in [0.25, 0.3) is 0 Å². The predicted octanol–water partition coefficient (Wildman–Crippen LogP) is 1.89. The van der Waals surface area contributed by atoms with Crippen molar-refractivity contribution in [3.8, 4) is 11.5 Å². The van der Waals surface area contributed by atoms with Gasteiger partial charge in [0.2, 0.25) is 5.91 Å². The molecule has 2 N–H and O–H groups in total. The zero-order valence-corrected chi connectivity index (χ0v) is 15.5. The van der Waals surface area contributed by atoms with Crippen LogP contribution in [0.25, 0.3) is 0 Å². The van der Waals surface area contributed by atoms with Crippen molar-refractivity contribution in [2.45, 2.75) is 46.4 Å². The third kappa shape index (κ3) is 7.01. The van der Waals surface area contributed by atoms with Gasteiger partial charge < -0.3 is 19.9 Å². The smallest absolute Gasteiger partial charge is 0.320 e. The second kappa shape index (κ2) is 9.88. The minimum atomic E-state index is -0.908. The first kappa shape index (κ1) is 20.8. The second-order valence-corrected chi connectivity index (χ2v) is 6.12. The summed E-state index contributed by atoms with van der Waals surface area (Å²) in [5.41, 5.74) is 0.906. The number of carbonyl (C=O) groups is 2. The molecule has 1 unspecified atom stereocenters. The van der Waals surface area contributed by atoms with Gasteiger partial charge in [-0.1, -0.05) is 6.07 Å². The molecule has 0 spiro atoms. The van der Waals surface area contributed by atoms with E-state index in [1.54, 1.807) is 18.9 Å². The maximum absolute atomic E-state index is 11.4. The standard InChI is InChI=1S/C18H28N2O5/c1-12(2)25-16-7-6-15(10-17(16)24-5)11-20(13(3)18(22)23)9-8-19-14(4)21/h6-7,10,12-13H,8-9,11H2,1-5H3,(H,19,21)(H,22,23). The van der Waals surface area contributed by atoms with Gasteiger partial charge in [-0.05, 0) is 38.5 Å². The summed E-state index contributed by atoms with van der Waals surface area (Å²) >= 11 is 0. The van der Waals surface area contributed by atoms with E-state index in [9.17, 15) is 14.7 Å². The van der Waals surface area contributed by atoms with E-state index in [-0.39, 0.29) is 12.0 Å². The summed E-state index contributed by atoms with van der Waals surface area (Å²) in [6.45, 7) is 8.17. The van der Waals surface area contributed by atoms with Gasteiger partial charge in [-0.25, -0.2) is 0 Å². The van der Waals surface area contributed by atoms with Crippen LogP contribution in [0.15, 0.2) is 18.2 Å². The van der Waals surface area contributed by atoms with E-state index in [0.717, 1.165) is 5.56 Å². The van der Waals surface area contributed by atoms with Gasteiger partial charge in [-0.3, -0.25) is 14.5 Å². The average Bonchev–Trinajstić information content (AvgIpc) is 2.53. The molecule has 1 aromatic rings. The minimum absolute atomic E-state index is 0.0286. The lowest BCUT2D eigenvalue weighted by molar-refractivity contribution is -0.142. The fraction of sp³-hybridized carbons (Fsp3) is 0.556. The number of benzene rings is 1. The lowest BCUT2D eigenvalue weighted by Gasteiger charge is -2.26. The van der Waals surface area contributed by atoms with Crippen molar-refractivity contribution < 1.29 is 24.2 Å². The van der Waals surface area contributed by atoms with Crippen molar-refractivity contribution >= 4 is 11.9 Å². The van der Waals surface area contributed by atoms with Gasteiger partial charge >= 0.3 is 5.97 Å². The Morgan fingerprint density at radius 1 is 1.24 bits per heavy atom. The SMILES string of the molecule is COc1cc(CN(CCNC(C)=O)C(C)C(=O)O)ccc1OC(C)C. The number of carboxylic acids is 1. The Bertz CT molecular complexity index is 589. The molecule has 0 radical (unpaired) electrons. The van der Waals surface area contributed by atoms with Gasteiger partial charge in [-0.2, -0.15) is 0 Å². The van der Waals surface area contributed by atoms with Gasteiger partial charge in [0, 0.05) is 26.6 Å². The zero-order chi connectivity index (χ0) is 19.0. The molecule has 0 heterocycles. The highest BCUT2D eigenvalue weighted by Crippen LogP contribution is 2.29. The molecule has 1 amide bonds. The lowest BCUT2D eigenvalue weighted by Crippen LogP contribution is -2.42. The number of methoxy groups -OCH3 is 1. The highest BCUT2D eigenvalue weighted by molar-refractivity contribution is 5.73. The van der Waals surface area contributed by atoms with E-state index < -0.39 is 12.0 Å². The summed E-state index contributed by atoms with van der Waals surface area (Å²) < 4.78 is 11.1. The molecule has 0 aliphatic carbocycles. The molecule has 0 bridgehead atoms. The molecule has 7 nitrogen and oxygen atoms in total. The van der Waals surface area contributed by atoms with Crippen LogP contribution >= 0.6 is 0 Å². The molecule has 0 fully saturated rings.